The second-order valence-electron chi connectivity index (χ2n) is 6.40. The Labute approximate surface area is 151 Å². The summed E-state index contributed by atoms with van der Waals surface area (Å²) < 4.78 is 0. The number of fused-ring (bicyclic) bond motifs is 1. The summed E-state index contributed by atoms with van der Waals surface area (Å²) in [6.45, 7) is 0. The molecule has 128 valence electrons. The molecule has 0 aromatic heterocycles. The van der Waals surface area contributed by atoms with Crippen molar-refractivity contribution in [1.82, 2.24) is 0 Å². The molecular weight excluding hydrogens is 326 g/mol. The number of carbonyl (C=O) groups excluding carboxylic acids is 2. The van der Waals surface area contributed by atoms with Gasteiger partial charge in [0.1, 0.15) is 0 Å². The highest BCUT2D eigenvalue weighted by atomic mass is 16.3. The van der Waals surface area contributed by atoms with Gasteiger partial charge in [-0.05, 0) is 17.2 Å². The predicted molar refractivity (Wildman–Crippen MR) is 99.8 cm³/mol. The Balaban J connectivity index is 1.58. The van der Waals surface area contributed by atoms with Crippen LogP contribution in [-0.2, 0) is 10.4 Å². The SMILES string of the molecule is O=C(C[C@@]1(O)C(=O)Nc2ccccc21)c1ccc(-c2ccccc2)cc1. The Bertz CT molecular complexity index is 980. The molecule has 4 nitrogen and oxygen atoms in total. The van der Waals surface area contributed by atoms with Crippen LogP contribution in [-0.4, -0.2) is 16.8 Å². The number of para-hydroxylation sites is 1. The van der Waals surface area contributed by atoms with Crippen LogP contribution in [0.2, 0.25) is 0 Å². The van der Waals surface area contributed by atoms with Gasteiger partial charge < -0.3 is 10.4 Å². The third kappa shape index (κ3) is 2.70. The average Bonchev–Trinajstić information content (AvgIpc) is 2.93. The van der Waals surface area contributed by atoms with E-state index < -0.39 is 11.5 Å². The normalized spacial score (nSPS) is 18.3. The van der Waals surface area contributed by atoms with Crippen LogP contribution in [0, 0.1) is 0 Å². The van der Waals surface area contributed by atoms with Gasteiger partial charge in [-0.1, -0.05) is 72.8 Å². The molecule has 3 aromatic carbocycles. The summed E-state index contributed by atoms with van der Waals surface area (Å²) in [5.74, 6) is -0.841. The summed E-state index contributed by atoms with van der Waals surface area (Å²) in [5, 5.41) is 13.5. The number of hydrogen-bond acceptors (Lipinski definition) is 3. The predicted octanol–water partition coefficient (Wildman–Crippen LogP) is 3.77. The van der Waals surface area contributed by atoms with Crippen LogP contribution >= 0.6 is 0 Å². The van der Waals surface area contributed by atoms with Crippen molar-refractivity contribution >= 4 is 17.4 Å². The van der Waals surface area contributed by atoms with Gasteiger partial charge in [0.2, 0.25) is 0 Å². The summed E-state index contributed by atoms with van der Waals surface area (Å²) in [5.41, 5.74) is 1.70. The van der Waals surface area contributed by atoms with Gasteiger partial charge in [0.25, 0.3) is 5.91 Å². The van der Waals surface area contributed by atoms with Crippen LogP contribution in [0.4, 0.5) is 5.69 Å². The lowest BCUT2D eigenvalue weighted by molar-refractivity contribution is -0.133. The van der Waals surface area contributed by atoms with Gasteiger partial charge in [0.05, 0.1) is 6.42 Å². The molecule has 0 radical (unpaired) electrons. The van der Waals surface area contributed by atoms with Crippen molar-refractivity contribution in [1.29, 1.82) is 0 Å². The van der Waals surface area contributed by atoms with E-state index in [4.69, 9.17) is 0 Å². The van der Waals surface area contributed by atoms with Crippen molar-refractivity contribution in [3.05, 3.63) is 90.0 Å². The molecule has 1 amide bonds. The molecule has 4 heteroatoms. The number of ketones is 1. The van der Waals surface area contributed by atoms with Crippen LogP contribution < -0.4 is 5.32 Å². The minimum atomic E-state index is -1.83. The lowest BCUT2D eigenvalue weighted by atomic mass is 9.88. The van der Waals surface area contributed by atoms with Crippen molar-refractivity contribution < 1.29 is 14.7 Å². The molecule has 0 saturated carbocycles. The summed E-state index contributed by atoms with van der Waals surface area (Å²) in [4.78, 5) is 24.9. The van der Waals surface area contributed by atoms with E-state index in [2.05, 4.69) is 5.32 Å². The van der Waals surface area contributed by atoms with E-state index in [0.717, 1.165) is 11.1 Å². The second-order valence-corrected chi connectivity index (χ2v) is 6.40. The molecule has 3 aromatic rings. The summed E-state index contributed by atoms with van der Waals surface area (Å²) in [7, 11) is 0. The molecule has 0 fully saturated rings. The third-order valence-electron chi connectivity index (χ3n) is 4.73. The molecule has 4 rings (SSSR count). The number of rotatable bonds is 4. The Morgan fingerprint density at radius 3 is 2.19 bits per heavy atom. The number of hydrogen-bond donors (Lipinski definition) is 2. The van der Waals surface area contributed by atoms with Crippen LogP contribution in [0.15, 0.2) is 78.9 Å². The van der Waals surface area contributed by atoms with Crippen LogP contribution in [0.25, 0.3) is 11.1 Å². The fourth-order valence-corrected chi connectivity index (χ4v) is 3.29. The zero-order valence-corrected chi connectivity index (χ0v) is 14.0. The lowest BCUT2D eigenvalue weighted by Gasteiger charge is -2.20. The van der Waals surface area contributed by atoms with E-state index in [1.165, 1.54) is 0 Å². The molecule has 26 heavy (non-hydrogen) atoms. The largest absolute Gasteiger partial charge is 0.375 e. The topological polar surface area (TPSA) is 66.4 Å². The van der Waals surface area contributed by atoms with Gasteiger partial charge in [-0.3, -0.25) is 9.59 Å². The molecule has 2 N–H and O–H groups in total. The maximum Gasteiger partial charge on any atom is 0.261 e. The Kier molecular flexibility index (Phi) is 3.90. The second kappa shape index (κ2) is 6.24. The van der Waals surface area contributed by atoms with Crippen molar-refractivity contribution in [3.8, 4) is 11.1 Å². The minimum absolute atomic E-state index is 0.279. The molecule has 1 aliphatic heterocycles. The zero-order chi connectivity index (χ0) is 18.1. The van der Waals surface area contributed by atoms with Gasteiger partial charge in [0.15, 0.2) is 11.4 Å². The Morgan fingerprint density at radius 2 is 1.46 bits per heavy atom. The molecular formula is C22H17NO3. The minimum Gasteiger partial charge on any atom is -0.375 e. The van der Waals surface area contributed by atoms with Crippen molar-refractivity contribution in [3.63, 3.8) is 0 Å². The van der Waals surface area contributed by atoms with E-state index in [9.17, 15) is 14.7 Å². The average molecular weight is 343 g/mol. The molecule has 0 bridgehead atoms. The highest BCUT2D eigenvalue weighted by Gasteiger charge is 2.46. The van der Waals surface area contributed by atoms with Crippen molar-refractivity contribution in [2.45, 2.75) is 12.0 Å². The Hall–Kier alpha value is -3.24. The smallest absolute Gasteiger partial charge is 0.261 e. The Morgan fingerprint density at radius 1 is 0.846 bits per heavy atom. The number of aliphatic hydroxyl groups is 1. The maximum atomic E-state index is 12.7. The van der Waals surface area contributed by atoms with Gasteiger partial charge in [0, 0.05) is 16.8 Å². The number of anilines is 1. The maximum absolute atomic E-state index is 12.7. The molecule has 1 atom stereocenters. The van der Waals surface area contributed by atoms with Crippen LogP contribution in [0.5, 0.6) is 0 Å². The zero-order valence-electron chi connectivity index (χ0n) is 14.0. The fourth-order valence-electron chi connectivity index (χ4n) is 3.29. The first-order chi connectivity index (χ1) is 12.6. The quantitative estimate of drug-likeness (QED) is 0.709. The lowest BCUT2D eigenvalue weighted by Crippen LogP contribution is -2.36. The molecule has 0 aliphatic carbocycles. The highest BCUT2D eigenvalue weighted by molar-refractivity contribution is 6.09. The van der Waals surface area contributed by atoms with Crippen LogP contribution in [0.1, 0.15) is 22.3 Å². The molecule has 0 unspecified atom stereocenters. The molecule has 1 heterocycles. The third-order valence-corrected chi connectivity index (χ3v) is 4.73. The number of nitrogens with one attached hydrogen (secondary N) is 1. The monoisotopic (exact) mass is 343 g/mol. The van der Waals surface area contributed by atoms with E-state index in [1.54, 1.807) is 36.4 Å². The first kappa shape index (κ1) is 16.2. The van der Waals surface area contributed by atoms with Gasteiger partial charge in [-0.25, -0.2) is 0 Å². The van der Waals surface area contributed by atoms with E-state index in [0.29, 0.717) is 16.8 Å². The van der Waals surface area contributed by atoms with E-state index >= 15 is 0 Å². The highest BCUT2D eigenvalue weighted by Crippen LogP contribution is 2.38. The standard InChI is InChI=1S/C22H17NO3/c24-20(14-22(26)18-8-4-5-9-19(18)23-21(22)25)17-12-10-16(11-13-17)15-6-2-1-3-7-15/h1-13,26H,14H2,(H,23,25)/t22-/m0/s1. The first-order valence-electron chi connectivity index (χ1n) is 8.40. The number of Topliss-reactive ketones (excluding diaryl/α,β-unsaturated/α-hetero) is 1. The van der Waals surface area contributed by atoms with Crippen LogP contribution in [0.3, 0.4) is 0 Å². The summed E-state index contributed by atoms with van der Waals surface area (Å²) >= 11 is 0. The number of carbonyl (C=O) groups is 2. The summed E-state index contributed by atoms with van der Waals surface area (Å²) in [6, 6.07) is 24.0. The van der Waals surface area contributed by atoms with Crippen molar-refractivity contribution in [2.24, 2.45) is 0 Å². The number of amides is 1. The fraction of sp³-hybridized carbons (Fsp3) is 0.0909. The van der Waals surface area contributed by atoms with Gasteiger partial charge in [-0.2, -0.15) is 0 Å². The van der Waals surface area contributed by atoms with E-state index in [1.807, 2.05) is 42.5 Å². The van der Waals surface area contributed by atoms with Gasteiger partial charge >= 0.3 is 0 Å². The molecule has 0 spiro atoms. The van der Waals surface area contributed by atoms with Gasteiger partial charge in [-0.15, -0.1) is 0 Å². The molecule has 1 aliphatic rings. The number of benzene rings is 3. The van der Waals surface area contributed by atoms with Crippen molar-refractivity contribution in [2.75, 3.05) is 5.32 Å². The van der Waals surface area contributed by atoms with E-state index in [-0.39, 0.29) is 12.2 Å². The molecule has 0 saturated heterocycles. The summed E-state index contributed by atoms with van der Waals surface area (Å²) in [6.07, 6.45) is -0.291. The first-order valence-corrected chi connectivity index (χ1v) is 8.40.